The van der Waals surface area contributed by atoms with Crippen molar-refractivity contribution in [3.8, 4) is 0 Å². The number of rotatable bonds is 11. The van der Waals surface area contributed by atoms with Gasteiger partial charge in [-0.15, -0.1) is 6.58 Å². The summed E-state index contributed by atoms with van der Waals surface area (Å²) >= 11 is 0. The highest BCUT2D eigenvalue weighted by Gasteiger charge is 2.03. The molecule has 90 valence electrons. The van der Waals surface area contributed by atoms with Crippen molar-refractivity contribution < 1.29 is 0 Å². The van der Waals surface area contributed by atoms with Gasteiger partial charge in [-0.05, 0) is 18.8 Å². The lowest BCUT2D eigenvalue weighted by Gasteiger charge is -2.11. The monoisotopic (exact) mass is 210 g/mol. The van der Waals surface area contributed by atoms with Crippen molar-refractivity contribution >= 4 is 0 Å². The molecule has 0 spiro atoms. The van der Waals surface area contributed by atoms with Crippen LogP contribution in [0.15, 0.2) is 12.7 Å². The highest BCUT2D eigenvalue weighted by Crippen LogP contribution is 2.18. The van der Waals surface area contributed by atoms with Crippen molar-refractivity contribution in [1.29, 1.82) is 0 Å². The van der Waals surface area contributed by atoms with Crippen LogP contribution in [0.4, 0.5) is 0 Å². The number of hydrogen-bond acceptors (Lipinski definition) is 0. The van der Waals surface area contributed by atoms with E-state index in [4.69, 9.17) is 0 Å². The number of hydrogen-bond donors (Lipinski definition) is 0. The Morgan fingerprint density at radius 2 is 1.27 bits per heavy atom. The van der Waals surface area contributed by atoms with E-state index >= 15 is 0 Å². The Morgan fingerprint density at radius 1 is 0.800 bits per heavy atom. The van der Waals surface area contributed by atoms with Crippen LogP contribution < -0.4 is 0 Å². The summed E-state index contributed by atoms with van der Waals surface area (Å²) in [6.45, 7) is 8.50. The average Bonchev–Trinajstić information content (AvgIpc) is 2.26. The molecule has 15 heavy (non-hydrogen) atoms. The molecule has 0 aliphatic rings. The fourth-order valence-corrected chi connectivity index (χ4v) is 2.05. The van der Waals surface area contributed by atoms with Crippen molar-refractivity contribution in [1.82, 2.24) is 0 Å². The van der Waals surface area contributed by atoms with Crippen LogP contribution in [-0.4, -0.2) is 0 Å². The molecule has 0 aliphatic carbocycles. The lowest BCUT2D eigenvalue weighted by Crippen LogP contribution is -1.96. The van der Waals surface area contributed by atoms with Gasteiger partial charge in [0.05, 0.1) is 0 Å². The molecule has 0 nitrogen and oxygen atoms in total. The van der Waals surface area contributed by atoms with Crippen LogP contribution in [0, 0.1) is 5.92 Å². The molecule has 0 aromatic heterocycles. The van der Waals surface area contributed by atoms with Gasteiger partial charge in [0.25, 0.3) is 0 Å². The second kappa shape index (κ2) is 11.8. The average molecular weight is 210 g/mol. The smallest absolute Gasteiger partial charge is 0.0236 e. The van der Waals surface area contributed by atoms with Crippen LogP contribution in [-0.2, 0) is 0 Å². The summed E-state index contributed by atoms with van der Waals surface area (Å²) in [5.74, 6) is 0.790. The first kappa shape index (κ1) is 14.7. The summed E-state index contributed by atoms with van der Waals surface area (Å²) in [5.41, 5.74) is 0. The first-order valence-electron chi connectivity index (χ1n) is 6.97. The Labute approximate surface area is 97.2 Å². The highest BCUT2D eigenvalue weighted by molar-refractivity contribution is 4.78. The normalized spacial score (nSPS) is 12.7. The molecule has 1 unspecified atom stereocenters. The van der Waals surface area contributed by atoms with Crippen molar-refractivity contribution in [3.63, 3.8) is 0 Å². The summed E-state index contributed by atoms with van der Waals surface area (Å²) in [7, 11) is 0. The molecule has 0 fully saturated rings. The zero-order valence-corrected chi connectivity index (χ0v) is 10.9. The maximum Gasteiger partial charge on any atom is -0.0236 e. The summed E-state index contributed by atoms with van der Waals surface area (Å²) in [5, 5.41) is 0. The molecule has 0 saturated heterocycles. The summed E-state index contributed by atoms with van der Waals surface area (Å²) in [4.78, 5) is 0. The molecular formula is C15H30. The van der Waals surface area contributed by atoms with Gasteiger partial charge < -0.3 is 0 Å². The summed E-state index contributed by atoms with van der Waals surface area (Å²) < 4.78 is 0. The van der Waals surface area contributed by atoms with E-state index < -0.39 is 0 Å². The summed E-state index contributed by atoms with van der Waals surface area (Å²) in [6.07, 6.45) is 16.0. The first-order valence-corrected chi connectivity index (χ1v) is 6.97. The molecule has 0 heterocycles. The largest absolute Gasteiger partial charge is 0.103 e. The molecule has 0 heteroatoms. The lowest BCUT2D eigenvalue weighted by molar-refractivity contribution is 0.475. The second-order valence-electron chi connectivity index (χ2n) is 4.69. The van der Waals surface area contributed by atoms with Crippen LogP contribution >= 0.6 is 0 Å². The molecule has 0 radical (unpaired) electrons. The van der Waals surface area contributed by atoms with Gasteiger partial charge in [-0.2, -0.15) is 0 Å². The maximum absolute atomic E-state index is 3.95. The van der Waals surface area contributed by atoms with E-state index in [9.17, 15) is 0 Å². The van der Waals surface area contributed by atoms with E-state index in [1.807, 2.05) is 0 Å². The van der Waals surface area contributed by atoms with E-state index in [0.29, 0.717) is 0 Å². The topological polar surface area (TPSA) is 0 Å². The SMILES string of the molecule is C=CC(CCCCC)CCCCCCC. The van der Waals surface area contributed by atoms with Crippen LogP contribution in [0.2, 0.25) is 0 Å². The van der Waals surface area contributed by atoms with Crippen LogP contribution in [0.3, 0.4) is 0 Å². The first-order chi connectivity index (χ1) is 7.35. The van der Waals surface area contributed by atoms with E-state index in [0.717, 1.165) is 5.92 Å². The predicted molar refractivity (Wildman–Crippen MR) is 71.2 cm³/mol. The Balaban J connectivity index is 3.32. The fourth-order valence-electron chi connectivity index (χ4n) is 2.05. The van der Waals surface area contributed by atoms with Gasteiger partial charge in [0.2, 0.25) is 0 Å². The lowest BCUT2D eigenvalue weighted by atomic mass is 9.95. The standard InChI is InChI=1S/C15H30/c1-4-7-9-10-12-14-15(6-3)13-11-8-5-2/h6,15H,3-5,7-14H2,1-2H3. The molecule has 0 bridgehead atoms. The third kappa shape index (κ3) is 10.0. The Morgan fingerprint density at radius 3 is 1.80 bits per heavy atom. The minimum absolute atomic E-state index is 0.790. The minimum atomic E-state index is 0.790. The van der Waals surface area contributed by atoms with E-state index in [-0.39, 0.29) is 0 Å². The van der Waals surface area contributed by atoms with E-state index in [1.165, 1.54) is 64.2 Å². The molecular weight excluding hydrogens is 180 g/mol. The zero-order chi connectivity index (χ0) is 11.4. The van der Waals surface area contributed by atoms with Gasteiger partial charge in [0.15, 0.2) is 0 Å². The molecule has 0 rings (SSSR count). The number of allylic oxidation sites excluding steroid dienone is 1. The third-order valence-corrected chi connectivity index (χ3v) is 3.19. The molecule has 1 atom stereocenters. The number of unbranched alkanes of at least 4 members (excludes halogenated alkanes) is 6. The van der Waals surface area contributed by atoms with Gasteiger partial charge in [-0.25, -0.2) is 0 Å². The zero-order valence-electron chi connectivity index (χ0n) is 10.9. The van der Waals surface area contributed by atoms with E-state index in [2.05, 4.69) is 26.5 Å². The van der Waals surface area contributed by atoms with Gasteiger partial charge in [-0.1, -0.05) is 71.3 Å². The molecule has 0 saturated carbocycles. The van der Waals surface area contributed by atoms with Crippen molar-refractivity contribution in [3.05, 3.63) is 12.7 Å². The Hall–Kier alpha value is -0.260. The van der Waals surface area contributed by atoms with Crippen molar-refractivity contribution in [2.24, 2.45) is 5.92 Å². The maximum atomic E-state index is 3.95. The van der Waals surface area contributed by atoms with Gasteiger partial charge in [-0.3, -0.25) is 0 Å². The van der Waals surface area contributed by atoms with Crippen molar-refractivity contribution in [2.45, 2.75) is 78.1 Å². The Kier molecular flexibility index (Phi) is 11.6. The van der Waals surface area contributed by atoms with Crippen LogP contribution in [0.1, 0.15) is 78.1 Å². The van der Waals surface area contributed by atoms with Crippen molar-refractivity contribution in [2.75, 3.05) is 0 Å². The highest BCUT2D eigenvalue weighted by atomic mass is 14.1. The quantitative estimate of drug-likeness (QED) is 0.302. The second-order valence-corrected chi connectivity index (χ2v) is 4.69. The molecule has 0 amide bonds. The van der Waals surface area contributed by atoms with E-state index in [1.54, 1.807) is 0 Å². The third-order valence-electron chi connectivity index (χ3n) is 3.19. The van der Waals surface area contributed by atoms with Gasteiger partial charge in [0.1, 0.15) is 0 Å². The molecule has 0 aromatic rings. The molecule has 0 aromatic carbocycles. The molecule has 0 aliphatic heterocycles. The van der Waals surface area contributed by atoms with Crippen LogP contribution in [0.25, 0.3) is 0 Å². The Bertz CT molecular complexity index is 126. The van der Waals surface area contributed by atoms with Crippen LogP contribution in [0.5, 0.6) is 0 Å². The summed E-state index contributed by atoms with van der Waals surface area (Å²) in [6, 6.07) is 0. The fraction of sp³-hybridized carbons (Fsp3) is 0.867. The van der Waals surface area contributed by atoms with Gasteiger partial charge in [0, 0.05) is 0 Å². The minimum Gasteiger partial charge on any atom is -0.103 e. The predicted octanol–water partition coefficient (Wildman–Crippen LogP) is 5.73. The van der Waals surface area contributed by atoms with Gasteiger partial charge >= 0.3 is 0 Å². The molecule has 0 N–H and O–H groups in total.